The third-order valence-corrected chi connectivity index (χ3v) is 2.83. The maximum absolute atomic E-state index is 11.3. The van der Waals surface area contributed by atoms with Crippen LogP contribution in [0.5, 0.6) is 5.75 Å². The SMILES string of the molecule is CCN(CC)CCOc1ccc(N)cc1C(N)=O. The second-order valence-corrected chi connectivity index (χ2v) is 4.00. The lowest BCUT2D eigenvalue weighted by molar-refractivity contribution is 0.0995. The zero-order chi connectivity index (χ0) is 13.5. The van der Waals surface area contributed by atoms with E-state index in [1.54, 1.807) is 12.1 Å². The van der Waals surface area contributed by atoms with Gasteiger partial charge in [0.1, 0.15) is 12.4 Å². The van der Waals surface area contributed by atoms with Gasteiger partial charge in [-0.25, -0.2) is 0 Å². The molecular weight excluding hydrogens is 230 g/mol. The van der Waals surface area contributed by atoms with Crippen LogP contribution in [-0.4, -0.2) is 37.0 Å². The van der Waals surface area contributed by atoms with Crippen LogP contribution in [-0.2, 0) is 0 Å². The average molecular weight is 251 g/mol. The molecule has 0 aliphatic rings. The van der Waals surface area contributed by atoms with Crippen molar-refractivity contribution in [1.82, 2.24) is 4.90 Å². The van der Waals surface area contributed by atoms with Gasteiger partial charge in [0.05, 0.1) is 5.56 Å². The number of carbonyl (C=O) groups excluding carboxylic acids is 1. The van der Waals surface area contributed by atoms with Crippen molar-refractivity contribution in [2.75, 3.05) is 32.0 Å². The number of likely N-dealkylation sites (N-methyl/N-ethyl adjacent to an activating group) is 1. The van der Waals surface area contributed by atoms with Crippen LogP contribution in [0.2, 0.25) is 0 Å². The fourth-order valence-electron chi connectivity index (χ4n) is 1.69. The van der Waals surface area contributed by atoms with Crippen LogP contribution in [0.3, 0.4) is 0 Å². The van der Waals surface area contributed by atoms with E-state index in [1.165, 1.54) is 6.07 Å². The van der Waals surface area contributed by atoms with Crippen LogP contribution in [0.15, 0.2) is 18.2 Å². The first-order chi connectivity index (χ1) is 8.58. The zero-order valence-corrected chi connectivity index (χ0v) is 11.0. The molecular formula is C13H21N3O2. The third kappa shape index (κ3) is 3.92. The number of anilines is 1. The van der Waals surface area contributed by atoms with Crippen LogP contribution in [0.4, 0.5) is 5.69 Å². The van der Waals surface area contributed by atoms with Gasteiger partial charge in [-0.1, -0.05) is 13.8 Å². The van der Waals surface area contributed by atoms with Crippen LogP contribution >= 0.6 is 0 Å². The van der Waals surface area contributed by atoms with E-state index in [9.17, 15) is 4.79 Å². The van der Waals surface area contributed by atoms with Gasteiger partial charge in [0, 0.05) is 12.2 Å². The standard InChI is InChI=1S/C13H21N3O2/c1-3-16(4-2)7-8-18-12-6-5-10(14)9-11(12)13(15)17/h5-6,9H,3-4,7-8,14H2,1-2H3,(H2,15,17). The van der Waals surface area contributed by atoms with Gasteiger partial charge in [-0.2, -0.15) is 0 Å². The molecule has 0 unspecified atom stereocenters. The summed E-state index contributed by atoms with van der Waals surface area (Å²) < 4.78 is 5.59. The summed E-state index contributed by atoms with van der Waals surface area (Å²) in [5.74, 6) is -0.0380. The number of benzene rings is 1. The Morgan fingerprint density at radius 2 is 2.00 bits per heavy atom. The summed E-state index contributed by atoms with van der Waals surface area (Å²) in [5.41, 5.74) is 11.7. The Balaban J connectivity index is 2.64. The molecule has 18 heavy (non-hydrogen) atoms. The lowest BCUT2D eigenvalue weighted by Crippen LogP contribution is -2.28. The summed E-state index contributed by atoms with van der Waals surface area (Å²) >= 11 is 0. The maximum Gasteiger partial charge on any atom is 0.252 e. The number of nitrogen functional groups attached to an aromatic ring is 1. The van der Waals surface area contributed by atoms with E-state index in [2.05, 4.69) is 18.7 Å². The largest absolute Gasteiger partial charge is 0.491 e. The van der Waals surface area contributed by atoms with Crippen molar-refractivity contribution in [2.45, 2.75) is 13.8 Å². The average Bonchev–Trinajstić information content (AvgIpc) is 2.36. The van der Waals surface area contributed by atoms with Gasteiger partial charge in [-0.15, -0.1) is 0 Å². The zero-order valence-electron chi connectivity index (χ0n) is 11.0. The molecule has 1 amide bonds. The number of hydrogen-bond donors (Lipinski definition) is 2. The third-order valence-electron chi connectivity index (χ3n) is 2.83. The van der Waals surface area contributed by atoms with Crippen LogP contribution < -0.4 is 16.2 Å². The van der Waals surface area contributed by atoms with Gasteiger partial charge in [0.25, 0.3) is 5.91 Å². The number of hydrogen-bond acceptors (Lipinski definition) is 4. The molecule has 0 saturated heterocycles. The van der Waals surface area contributed by atoms with Crippen molar-refractivity contribution in [2.24, 2.45) is 5.73 Å². The molecule has 0 bridgehead atoms. The molecule has 5 nitrogen and oxygen atoms in total. The van der Waals surface area contributed by atoms with Gasteiger partial charge in [0.2, 0.25) is 0 Å². The van der Waals surface area contributed by atoms with E-state index >= 15 is 0 Å². The molecule has 0 spiro atoms. The summed E-state index contributed by atoms with van der Waals surface area (Å²) in [4.78, 5) is 13.5. The minimum atomic E-state index is -0.528. The van der Waals surface area contributed by atoms with E-state index in [1.807, 2.05) is 0 Å². The highest BCUT2D eigenvalue weighted by atomic mass is 16.5. The van der Waals surface area contributed by atoms with Crippen LogP contribution in [0, 0.1) is 0 Å². The van der Waals surface area contributed by atoms with Crippen LogP contribution in [0.25, 0.3) is 0 Å². The predicted molar refractivity (Wildman–Crippen MR) is 72.7 cm³/mol. The molecule has 0 heterocycles. The Labute approximate surface area is 108 Å². The molecule has 5 heteroatoms. The second-order valence-electron chi connectivity index (χ2n) is 4.00. The van der Waals surface area contributed by atoms with Crippen LogP contribution in [0.1, 0.15) is 24.2 Å². The van der Waals surface area contributed by atoms with Gasteiger partial charge in [-0.05, 0) is 31.3 Å². The van der Waals surface area contributed by atoms with Gasteiger partial charge in [0.15, 0.2) is 0 Å². The van der Waals surface area contributed by atoms with E-state index in [4.69, 9.17) is 16.2 Å². The Morgan fingerprint density at radius 1 is 1.33 bits per heavy atom. The Bertz CT molecular complexity index is 403. The summed E-state index contributed by atoms with van der Waals surface area (Å²) in [7, 11) is 0. The number of nitrogens with two attached hydrogens (primary N) is 2. The normalized spacial score (nSPS) is 10.6. The van der Waals surface area contributed by atoms with Crippen molar-refractivity contribution < 1.29 is 9.53 Å². The molecule has 0 radical (unpaired) electrons. The lowest BCUT2D eigenvalue weighted by atomic mass is 10.1. The Kier molecular flexibility index (Phi) is 5.45. The van der Waals surface area contributed by atoms with Crippen molar-refractivity contribution in [1.29, 1.82) is 0 Å². The number of ether oxygens (including phenoxy) is 1. The molecule has 0 aliphatic carbocycles. The minimum Gasteiger partial charge on any atom is -0.491 e. The summed E-state index contributed by atoms with van der Waals surface area (Å²) in [6, 6.07) is 4.91. The summed E-state index contributed by atoms with van der Waals surface area (Å²) in [6.07, 6.45) is 0. The van der Waals surface area contributed by atoms with Crippen molar-refractivity contribution in [3.63, 3.8) is 0 Å². The Hall–Kier alpha value is -1.75. The summed E-state index contributed by atoms with van der Waals surface area (Å²) in [5, 5.41) is 0. The molecule has 0 fully saturated rings. The minimum absolute atomic E-state index is 0.328. The number of nitrogens with zero attached hydrogens (tertiary/aromatic N) is 1. The second kappa shape index (κ2) is 6.86. The van der Waals surface area contributed by atoms with E-state index in [0.29, 0.717) is 23.6 Å². The molecule has 0 atom stereocenters. The smallest absolute Gasteiger partial charge is 0.252 e. The highest BCUT2D eigenvalue weighted by Gasteiger charge is 2.10. The first-order valence-electron chi connectivity index (χ1n) is 6.13. The highest BCUT2D eigenvalue weighted by molar-refractivity contribution is 5.96. The lowest BCUT2D eigenvalue weighted by Gasteiger charge is -2.18. The molecule has 1 rings (SSSR count). The van der Waals surface area contributed by atoms with Gasteiger partial charge < -0.3 is 21.1 Å². The molecule has 100 valence electrons. The predicted octanol–water partition coefficient (Wildman–Crippen LogP) is 1.09. The van der Waals surface area contributed by atoms with Crippen molar-refractivity contribution in [3.05, 3.63) is 23.8 Å². The van der Waals surface area contributed by atoms with E-state index in [-0.39, 0.29) is 0 Å². The Morgan fingerprint density at radius 3 is 2.56 bits per heavy atom. The monoisotopic (exact) mass is 251 g/mol. The fraction of sp³-hybridized carbons (Fsp3) is 0.462. The number of carbonyl (C=O) groups is 1. The molecule has 4 N–H and O–H groups in total. The molecule has 0 saturated carbocycles. The fourth-order valence-corrected chi connectivity index (χ4v) is 1.69. The first kappa shape index (κ1) is 14.3. The van der Waals surface area contributed by atoms with Crippen molar-refractivity contribution in [3.8, 4) is 5.75 Å². The molecule has 0 aliphatic heterocycles. The molecule has 1 aromatic carbocycles. The molecule has 1 aromatic rings. The first-order valence-corrected chi connectivity index (χ1v) is 6.13. The number of rotatable bonds is 7. The van der Waals surface area contributed by atoms with Crippen molar-refractivity contribution >= 4 is 11.6 Å². The van der Waals surface area contributed by atoms with Gasteiger partial charge >= 0.3 is 0 Å². The van der Waals surface area contributed by atoms with Gasteiger partial charge in [-0.3, -0.25) is 4.79 Å². The van der Waals surface area contributed by atoms with E-state index in [0.717, 1.165) is 19.6 Å². The van der Waals surface area contributed by atoms with E-state index < -0.39 is 5.91 Å². The highest BCUT2D eigenvalue weighted by Crippen LogP contribution is 2.20. The maximum atomic E-state index is 11.3. The summed E-state index contributed by atoms with van der Waals surface area (Å²) in [6.45, 7) is 7.49. The number of primary amides is 1. The molecule has 0 aromatic heterocycles. The number of amides is 1. The topological polar surface area (TPSA) is 81.6 Å². The quantitative estimate of drug-likeness (QED) is 0.711.